The first-order chi connectivity index (χ1) is 11.8. The van der Waals surface area contributed by atoms with Gasteiger partial charge in [-0.25, -0.2) is 8.78 Å². The van der Waals surface area contributed by atoms with Gasteiger partial charge < -0.3 is 15.2 Å². The number of halogens is 4. The van der Waals surface area contributed by atoms with Crippen LogP contribution in [-0.2, 0) is 11.4 Å². The number of carbonyl (C=O) groups is 1. The molecule has 2 rings (SSSR count). The second kappa shape index (κ2) is 7.69. The van der Waals surface area contributed by atoms with E-state index in [0.717, 1.165) is 6.08 Å². The van der Waals surface area contributed by atoms with Gasteiger partial charge in [0.05, 0.1) is 7.11 Å². The van der Waals surface area contributed by atoms with E-state index in [1.165, 1.54) is 25.3 Å². The topological polar surface area (TPSA) is 61.5 Å². The fourth-order valence-electron chi connectivity index (χ4n) is 2.02. The molecule has 0 heterocycles. The van der Waals surface area contributed by atoms with E-state index < -0.39 is 41.5 Å². The van der Waals surface area contributed by atoms with E-state index in [2.05, 4.69) is 0 Å². The maximum atomic E-state index is 13.6. The zero-order valence-corrected chi connectivity index (χ0v) is 13.0. The average Bonchev–Trinajstić information content (AvgIpc) is 2.58. The summed E-state index contributed by atoms with van der Waals surface area (Å²) in [5.74, 6) is -7.93. The van der Waals surface area contributed by atoms with E-state index in [-0.39, 0.29) is 6.07 Å². The molecule has 132 valence electrons. The Morgan fingerprint density at radius 3 is 2.32 bits per heavy atom. The Labute approximate surface area is 140 Å². The second-order valence-corrected chi connectivity index (χ2v) is 4.89. The van der Waals surface area contributed by atoms with E-state index >= 15 is 0 Å². The molecule has 0 aliphatic heterocycles. The molecular weight excluding hydrogens is 342 g/mol. The number of methoxy groups -OCH3 is 1. The van der Waals surface area contributed by atoms with Gasteiger partial charge in [0.1, 0.15) is 12.4 Å². The Balaban J connectivity index is 2.31. The minimum absolute atomic E-state index is 0.0906. The molecule has 0 fully saturated rings. The highest BCUT2D eigenvalue weighted by Gasteiger charge is 2.21. The molecule has 2 N–H and O–H groups in total. The highest BCUT2D eigenvalue weighted by atomic mass is 19.2. The molecule has 0 aliphatic carbocycles. The maximum absolute atomic E-state index is 13.6. The summed E-state index contributed by atoms with van der Waals surface area (Å²) in [5, 5.41) is 0. The van der Waals surface area contributed by atoms with Crippen molar-refractivity contribution in [2.24, 2.45) is 5.73 Å². The normalized spacial score (nSPS) is 10.9. The van der Waals surface area contributed by atoms with Crippen molar-refractivity contribution in [3.63, 3.8) is 0 Å². The van der Waals surface area contributed by atoms with E-state index in [1.807, 2.05) is 0 Å². The Bertz CT molecular complexity index is 811. The number of benzene rings is 2. The van der Waals surface area contributed by atoms with Crippen LogP contribution in [-0.4, -0.2) is 13.0 Å². The van der Waals surface area contributed by atoms with E-state index in [1.54, 1.807) is 6.07 Å². The average molecular weight is 355 g/mol. The van der Waals surface area contributed by atoms with Gasteiger partial charge in [-0.1, -0.05) is 6.07 Å². The third-order valence-corrected chi connectivity index (χ3v) is 3.19. The van der Waals surface area contributed by atoms with Crippen LogP contribution in [0.25, 0.3) is 6.08 Å². The van der Waals surface area contributed by atoms with Crippen LogP contribution in [0.1, 0.15) is 11.1 Å². The van der Waals surface area contributed by atoms with Crippen molar-refractivity contribution < 1.29 is 31.8 Å². The van der Waals surface area contributed by atoms with Crippen LogP contribution >= 0.6 is 0 Å². The van der Waals surface area contributed by atoms with Crippen molar-refractivity contribution in [1.82, 2.24) is 0 Å². The SMILES string of the molecule is COc1ccc(/C=C\C(N)=O)cc1COc1c(F)c(F)cc(F)c1F. The van der Waals surface area contributed by atoms with Crippen molar-refractivity contribution in [3.05, 3.63) is 64.7 Å². The van der Waals surface area contributed by atoms with Gasteiger partial charge in [-0.15, -0.1) is 0 Å². The number of rotatable bonds is 6. The lowest BCUT2D eigenvalue weighted by Crippen LogP contribution is -2.06. The quantitative estimate of drug-likeness (QED) is 0.491. The second-order valence-electron chi connectivity index (χ2n) is 4.89. The first-order valence-electron chi connectivity index (χ1n) is 6.93. The monoisotopic (exact) mass is 355 g/mol. The van der Waals surface area contributed by atoms with Crippen molar-refractivity contribution in [2.45, 2.75) is 6.61 Å². The van der Waals surface area contributed by atoms with Crippen LogP contribution < -0.4 is 15.2 Å². The fraction of sp³-hybridized carbons (Fsp3) is 0.118. The molecule has 2 aromatic carbocycles. The number of carbonyl (C=O) groups excluding carboxylic acids is 1. The van der Waals surface area contributed by atoms with Crippen LogP contribution in [0.2, 0.25) is 0 Å². The lowest BCUT2D eigenvalue weighted by molar-refractivity contribution is -0.113. The molecule has 0 radical (unpaired) electrons. The first-order valence-corrected chi connectivity index (χ1v) is 6.93. The van der Waals surface area contributed by atoms with Crippen LogP contribution in [0.15, 0.2) is 30.3 Å². The summed E-state index contributed by atoms with van der Waals surface area (Å²) in [5.41, 5.74) is 5.86. The molecule has 0 saturated carbocycles. The Morgan fingerprint density at radius 2 is 1.76 bits per heavy atom. The first kappa shape index (κ1) is 18.3. The van der Waals surface area contributed by atoms with Gasteiger partial charge in [0.2, 0.25) is 17.5 Å². The molecule has 25 heavy (non-hydrogen) atoms. The van der Waals surface area contributed by atoms with Gasteiger partial charge in [0.15, 0.2) is 17.4 Å². The molecule has 0 bridgehead atoms. The number of hydrogen-bond acceptors (Lipinski definition) is 3. The standard InChI is InChI=1S/C17H13F4NO3/c1-24-13-4-2-9(3-5-14(22)23)6-10(13)8-25-17-15(20)11(18)7-12(19)16(17)21/h2-7H,8H2,1H3,(H2,22,23)/b5-3-. The third kappa shape index (κ3) is 4.28. The van der Waals surface area contributed by atoms with Gasteiger partial charge in [0.25, 0.3) is 0 Å². The number of ether oxygens (including phenoxy) is 2. The van der Waals surface area contributed by atoms with Crippen LogP contribution in [0.3, 0.4) is 0 Å². The zero-order chi connectivity index (χ0) is 18.6. The van der Waals surface area contributed by atoms with Crippen LogP contribution in [0, 0.1) is 23.3 Å². The van der Waals surface area contributed by atoms with Crippen molar-refractivity contribution in [3.8, 4) is 11.5 Å². The van der Waals surface area contributed by atoms with E-state index in [9.17, 15) is 22.4 Å². The summed E-state index contributed by atoms with van der Waals surface area (Å²) in [7, 11) is 1.36. The predicted octanol–water partition coefficient (Wildman–Crippen LogP) is 3.33. The summed E-state index contributed by atoms with van der Waals surface area (Å²) in [6.07, 6.45) is 2.53. The van der Waals surface area contributed by atoms with E-state index in [4.69, 9.17) is 15.2 Å². The Morgan fingerprint density at radius 1 is 1.12 bits per heavy atom. The summed E-state index contributed by atoms with van der Waals surface area (Å²) < 4.78 is 63.6. The number of nitrogens with two attached hydrogens (primary N) is 1. The van der Waals surface area contributed by atoms with E-state index in [0.29, 0.717) is 16.9 Å². The van der Waals surface area contributed by atoms with Gasteiger partial charge in [-0.05, 0) is 23.8 Å². The summed E-state index contributed by atoms with van der Waals surface area (Å²) in [6.45, 7) is -0.432. The number of primary amides is 1. The molecule has 0 saturated heterocycles. The van der Waals surface area contributed by atoms with Crippen molar-refractivity contribution in [2.75, 3.05) is 7.11 Å². The number of hydrogen-bond donors (Lipinski definition) is 1. The number of amides is 1. The highest BCUT2D eigenvalue weighted by molar-refractivity contribution is 5.90. The molecule has 0 aromatic heterocycles. The molecule has 0 atom stereocenters. The molecular formula is C17H13F4NO3. The smallest absolute Gasteiger partial charge is 0.241 e. The zero-order valence-electron chi connectivity index (χ0n) is 13.0. The Hall–Kier alpha value is -3.03. The van der Waals surface area contributed by atoms with Crippen molar-refractivity contribution in [1.29, 1.82) is 0 Å². The highest BCUT2D eigenvalue weighted by Crippen LogP contribution is 2.29. The molecule has 0 spiro atoms. The molecule has 0 aliphatic rings. The maximum Gasteiger partial charge on any atom is 0.241 e. The van der Waals surface area contributed by atoms with Gasteiger partial charge >= 0.3 is 0 Å². The molecule has 2 aromatic rings. The Kier molecular flexibility index (Phi) is 5.63. The van der Waals surface area contributed by atoms with Crippen molar-refractivity contribution >= 4 is 12.0 Å². The molecule has 4 nitrogen and oxygen atoms in total. The van der Waals surface area contributed by atoms with Gasteiger partial charge in [-0.3, -0.25) is 4.79 Å². The minimum Gasteiger partial charge on any atom is -0.496 e. The van der Waals surface area contributed by atoms with Crippen LogP contribution in [0.4, 0.5) is 17.6 Å². The van der Waals surface area contributed by atoms with Gasteiger partial charge in [-0.2, -0.15) is 8.78 Å². The van der Waals surface area contributed by atoms with Crippen LogP contribution in [0.5, 0.6) is 11.5 Å². The summed E-state index contributed by atoms with van der Waals surface area (Å²) >= 11 is 0. The lowest BCUT2D eigenvalue weighted by atomic mass is 10.1. The molecule has 8 heteroatoms. The summed E-state index contributed by atoms with van der Waals surface area (Å²) in [6, 6.07) is 4.72. The minimum atomic E-state index is -1.64. The molecule has 1 amide bonds. The predicted molar refractivity (Wildman–Crippen MR) is 81.8 cm³/mol. The third-order valence-electron chi connectivity index (χ3n) is 3.19. The fourth-order valence-corrected chi connectivity index (χ4v) is 2.02. The summed E-state index contributed by atoms with van der Waals surface area (Å²) in [4.78, 5) is 10.8. The lowest BCUT2D eigenvalue weighted by Gasteiger charge is -2.13. The molecule has 0 unspecified atom stereocenters. The van der Waals surface area contributed by atoms with Gasteiger partial charge in [0, 0.05) is 17.7 Å². The largest absolute Gasteiger partial charge is 0.496 e.